The third kappa shape index (κ3) is 3.90. The molecular weight excluding hydrogens is 248 g/mol. The first-order chi connectivity index (χ1) is 8.39. The summed E-state index contributed by atoms with van der Waals surface area (Å²) in [6.45, 7) is 7.01. The predicted molar refractivity (Wildman–Crippen MR) is 73.8 cm³/mol. The van der Waals surface area contributed by atoms with Gasteiger partial charge in [0.05, 0.1) is 18.6 Å². The van der Waals surface area contributed by atoms with Crippen molar-refractivity contribution in [1.29, 1.82) is 5.26 Å². The van der Waals surface area contributed by atoms with E-state index in [0.29, 0.717) is 13.1 Å². The van der Waals surface area contributed by atoms with Crippen LogP contribution in [0.4, 0.5) is 0 Å². The lowest BCUT2D eigenvalue weighted by atomic mass is 9.96. The van der Waals surface area contributed by atoms with Gasteiger partial charge in [0.15, 0.2) is 0 Å². The molecule has 18 heavy (non-hydrogen) atoms. The van der Waals surface area contributed by atoms with Crippen LogP contribution in [0, 0.1) is 23.7 Å². The van der Waals surface area contributed by atoms with Crippen LogP contribution < -0.4 is 10.1 Å². The maximum atomic E-state index is 8.94. The Labute approximate surface area is 114 Å². The quantitative estimate of drug-likeness (QED) is 0.889. The first kappa shape index (κ1) is 14.8. The van der Waals surface area contributed by atoms with Crippen LogP contribution in [0.25, 0.3) is 0 Å². The summed E-state index contributed by atoms with van der Waals surface area (Å²) in [6.07, 6.45) is 0. The number of nitrogens with one attached hydrogen (secondary N) is 1. The van der Waals surface area contributed by atoms with Gasteiger partial charge in [-0.1, -0.05) is 11.6 Å². The fraction of sp³-hybridized carbons (Fsp3) is 0.500. The number of hydrogen-bond acceptors (Lipinski definition) is 3. The minimum Gasteiger partial charge on any atom is -0.496 e. The molecule has 0 aliphatic carbocycles. The van der Waals surface area contributed by atoms with Crippen molar-refractivity contribution < 1.29 is 4.74 Å². The van der Waals surface area contributed by atoms with Gasteiger partial charge in [-0.3, -0.25) is 0 Å². The molecule has 0 fully saturated rings. The third-order valence-electron chi connectivity index (χ3n) is 2.75. The summed E-state index contributed by atoms with van der Waals surface area (Å²) in [5.74, 6) is 0.819. The molecule has 0 aromatic heterocycles. The van der Waals surface area contributed by atoms with Crippen molar-refractivity contribution in [1.82, 2.24) is 5.32 Å². The minimum atomic E-state index is -0.373. The molecule has 0 unspecified atom stereocenters. The molecule has 4 heteroatoms. The van der Waals surface area contributed by atoms with Crippen molar-refractivity contribution >= 4 is 11.6 Å². The molecule has 0 saturated carbocycles. The van der Waals surface area contributed by atoms with Crippen LogP contribution >= 0.6 is 11.6 Å². The summed E-state index contributed by atoms with van der Waals surface area (Å²) >= 11 is 6.10. The second-order valence-corrected chi connectivity index (χ2v) is 5.42. The fourth-order valence-corrected chi connectivity index (χ4v) is 1.76. The third-order valence-corrected chi connectivity index (χ3v) is 3.15. The molecule has 0 atom stereocenters. The Kier molecular flexibility index (Phi) is 5.01. The van der Waals surface area contributed by atoms with E-state index in [9.17, 15) is 0 Å². The lowest BCUT2D eigenvalue weighted by Gasteiger charge is -2.17. The van der Waals surface area contributed by atoms with Crippen LogP contribution in [0.3, 0.4) is 0 Å². The first-order valence-electron chi connectivity index (χ1n) is 5.84. The summed E-state index contributed by atoms with van der Waals surface area (Å²) in [5, 5.41) is 12.9. The van der Waals surface area contributed by atoms with Gasteiger partial charge in [0.2, 0.25) is 0 Å². The van der Waals surface area contributed by atoms with Crippen LogP contribution in [0.5, 0.6) is 5.75 Å². The number of rotatable bonds is 5. The van der Waals surface area contributed by atoms with Gasteiger partial charge in [0.25, 0.3) is 0 Å². The van der Waals surface area contributed by atoms with Gasteiger partial charge in [-0.05, 0) is 38.5 Å². The Morgan fingerprint density at radius 3 is 2.67 bits per heavy atom. The lowest BCUT2D eigenvalue weighted by Crippen LogP contribution is -2.27. The van der Waals surface area contributed by atoms with Gasteiger partial charge < -0.3 is 10.1 Å². The smallest absolute Gasteiger partial charge is 0.123 e. The molecule has 0 spiro atoms. The minimum absolute atomic E-state index is 0.373. The van der Waals surface area contributed by atoms with E-state index < -0.39 is 0 Å². The van der Waals surface area contributed by atoms with E-state index in [0.717, 1.165) is 21.9 Å². The van der Waals surface area contributed by atoms with Gasteiger partial charge in [0, 0.05) is 23.7 Å². The van der Waals surface area contributed by atoms with E-state index in [1.165, 1.54) is 0 Å². The molecule has 0 bridgehead atoms. The largest absolute Gasteiger partial charge is 0.496 e. The number of nitrogens with zero attached hydrogens (tertiary/aromatic N) is 1. The summed E-state index contributed by atoms with van der Waals surface area (Å²) in [7, 11) is 1.64. The van der Waals surface area contributed by atoms with Crippen molar-refractivity contribution in [3.63, 3.8) is 0 Å². The molecular formula is C14H19ClN2O. The highest BCUT2D eigenvalue weighted by Gasteiger charge is 2.16. The number of methoxy groups -OCH3 is 1. The fourth-order valence-electron chi connectivity index (χ4n) is 1.57. The van der Waals surface area contributed by atoms with Crippen LogP contribution in [-0.4, -0.2) is 13.7 Å². The van der Waals surface area contributed by atoms with E-state index >= 15 is 0 Å². The molecule has 0 aliphatic rings. The van der Waals surface area contributed by atoms with Crippen molar-refractivity contribution in [2.75, 3.05) is 13.7 Å². The van der Waals surface area contributed by atoms with E-state index in [1.54, 1.807) is 7.11 Å². The number of benzene rings is 1. The highest BCUT2D eigenvalue weighted by molar-refractivity contribution is 6.31. The Hall–Kier alpha value is -1.24. The first-order valence-corrected chi connectivity index (χ1v) is 6.22. The van der Waals surface area contributed by atoms with Crippen molar-refractivity contribution in [2.45, 2.75) is 27.3 Å². The second-order valence-electron chi connectivity index (χ2n) is 5.01. The molecule has 3 nitrogen and oxygen atoms in total. The molecule has 1 aromatic rings. The molecule has 0 saturated heterocycles. The molecule has 1 N–H and O–H groups in total. The normalized spacial score (nSPS) is 11.1. The van der Waals surface area contributed by atoms with Gasteiger partial charge in [0.1, 0.15) is 5.75 Å². The number of hydrogen-bond donors (Lipinski definition) is 1. The van der Waals surface area contributed by atoms with E-state index in [2.05, 4.69) is 11.4 Å². The van der Waals surface area contributed by atoms with Crippen molar-refractivity contribution in [2.24, 2.45) is 5.41 Å². The van der Waals surface area contributed by atoms with Crippen LogP contribution in [0.15, 0.2) is 12.1 Å². The monoisotopic (exact) mass is 266 g/mol. The summed E-state index contributed by atoms with van der Waals surface area (Å²) < 4.78 is 5.33. The number of aryl methyl sites for hydroxylation is 1. The van der Waals surface area contributed by atoms with Crippen molar-refractivity contribution in [3.05, 3.63) is 28.3 Å². The Morgan fingerprint density at radius 1 is 1.44 bits per heavy atom. The molecule has 0 radical (unpaired) electrons. The molecule has 0 amide bonds. The zero-order chi connectivity index (χ0) is 13.8. The topological polar surface area (TPSA) is 45.0 Å². The average molecular weight is 267 g/mol. The zero-order valence-corrected chi connectivity index (χ0v) is 12.1. The maximum absolute atomic E-state index is 8.94. The molecule has 1 aromatic carbocycles. The number of halogens is 1. The standard InChI is InChI=1S/C14H19ClN2O/c1-10-5-13(18-4)11(6-12(10)15)7-17-9-14(2,3)8-16/h5-6,17H,7,9H2,1-4H3. The molecule has 0 aliphatic heterocycles. The van der Waals surface area contributed by atoms with Crippen LogP contribution in [0.1, 0.15) is 25.0 Å². The van der Waals surface area contributed by atoms with Gasteiger partial charge in [-0.15, -0.1) is 0 Å². The highest BCUT2D eigenvalue weighted by atomic mass is 35.5. The second kappa shape index (κ2) is 6.08. The molecule has 0 heterocycles. The lowest BCUT2D eigenvalue weighted by molar-refractivity contribution is 0.401. The SMILES string of the molecule is COc1cc(C)c(Cl)cc1CNCC(C)(C)C#N. The predicted octanol–water partition coefficient (Wildman–Crippen LogP) is 3.30. The summed E-state index contributed by atoms with van der Waals surface area (Å²) in [4.78, 5) is 0. The van der Waals surface area contributed by atoms with E-state index in [-0.39, 0.29) is 5.41 Å². The van der Waals surface area contributed by atoms with Gasteiger partial charge in [-0.25, -0.2) is 0 Å². The van der Waals surface area contributed by atoms with Gasteiger partial charge >= 0.3 is 0 Å². The van der Waals surface area contributed by atoms with Gasteiger partial charge in [-0.2, -0.15) is 5.26 Å². The van der Waals surface area contributed by atoms with Crippen LogP contribution in [-0.2, 0) is 6.54 Å². The van der Waals surface area contributed by atoms with E-state index in [4.69, 9.17) is 21.6 Å². The number of ether oxygens (including phenoxy) is 1. The Balaban J connectivity index is 2.74. The Morgan fingerprint density at radius 2 is 2.11 bits per heavy atom. The Bertz CT molecular complexity index is 464. The van der Waals surface area contributed by atoms with E-state index in [1.807, 2.05) is 32.9 Å². The van der Waals surface area contributed by atoms with Crippen molar-refractivity contribution in [3.8, 4) is 11.8 Å². The zero-order valence-electron chi connectivity index (χ0n) is 11.3. The highest BCUT2D eigenvalue weighted by Crippen LogP contribution is 2.26. The van der Waals surface area contributed by atoms with Crippen LogP contribution in [0.2, 0.25) is 5.02 Å². The molecule has 1 rings (SSSR count). The summed E-state index contributed by atoms with van der Waals surface area (Å²) in [5.41, 5.74) is 1.62. The number of nitriles is 1. The summed E-state index contributed by atoms with van der Waals surface area (Å²) in [6, 6.07) is 6.09. The average Bonchev–Trinajstić information content (AvgIpc) is 2.33. The molecule has 98 valence electrons. The maximum Gasteiger partial charge on any atom is 0.123 e.